The average molecular weight is 260 g/mol. The number of rotatable bonds is 4. The summed E-state index contributed by atoms with van der Waals surface area (Å²) in [7, 11) is 0. The molecule has 1 unspecified atom stereocenters. The molecule has 0 aliphatic carbocycles. The second-order valence-electron chi connectivity index (χ2n) is 5.31. The minimum absolute atomic E-state index is 0.148. The summed E-state index contributed by atoms with van der Waals surface area (Å²) in [4.78, 5) is 14.3. The second-order valence-corrected chi connectivity index (χ2v) is 5.31. The zero-order chi connectivity index (χ0) is 13.7. The summed E-state index contributed by atoms with van der Waals surface area (Å²) in [6.45, 7) is 5.93. The van der Waals surface area contributed by atoms with Crippen LogP contribution < -0.4 is 5.32 Å². The molecule has 1 heterocycles. The van der Waals surface area contributed by atoms with E-state index in [4.69, 9.17) is 0 Å². The molecule has 1 aromatic rings. The standard InChI is InChI=1S/C16H24N2O/c1-3-14-8-7-9-15(12-14)17-13(2)16(19)18-10-5-4-6-11-18/h7-9,12-13,17H,3-6,10-11H2,1-2H3. The molecule has 3 heteroatoms. The lowest BCUT2D eigenvalue weighted by Gasteiger charge is -2.29. The molecule has 1 N–H and O–H groups in total. The molecule has 1 amide bonds. The molecular weight excluding hydrogens is 236 g/mol. The molecule has 0 saturated carbocycles. The highest BCUT2D eigenvalue weighted by molar-refractivity contribution is 5.84. The van der Waals surface area contributed by atoms with E-state index in [1.807, 2.05) is 24.0 Å². The molecule has 1 atom stereocenters. The van der Waals surface area contributed by atoms with Gasteiger partial charge in [-0.25, -0.2) is 0 Å². The van der Waals surface area contributed by atoms with Crippen molar-refractivity contribution in [3.05, 3.63) is 29.8 Å². The van der Waals surface area contributed by atoms with Crippen molar-refractivity contribution >= 4 is 11.6 Å². The normalized spacial score (nSPS) is 17.1. The van der Waals surface area contributed by atoms with Crippen molar-refractivity contribution < 1.29 is 4.79 Å². The molecule has 1 saturated heterocycles. The largest absolute Gasteiger partial charge is 0.374 e. The molecule has 1 fully saturated rings. The Morgan fingerprint density at radius 3 is 2.74 bits per heavy atom. The van der Waals surface area contributed by atoms with Gasteiger partial charge in [0.2, 0.25) is 5.91 Å². The minimum Gasteiger partial charge on any atom is -0.374 e. The van der Waals surface area contributed by atoms with E-state index in [-0.39, 0.29) is 11.9 Å². The molecule has 0 radical (unpaired) electrons. The number of carbonyl (C=O) groups excluding carboxylic acids is 1. The van der Waals surface area contributed by atoms with Crippen molar-refractivity contribution in [3.8, 4) is 0 Å². The van der Waals surface area contributed by atoms with Crippen LogP contribution in [0.5, 0.6) is 0 Å². The number of carbonyl (C=O) groups is 1. The van der Waals surface area contributed by atoms with Gasteiger partial charge < -0.3 is 10.2 Å². The van der Waals surface area contributed by atoms with Crippen LogP contribution in [-0.4, -0.2) is 29.9 Å². The van der Waals surface area contributed by atoms with E-state index in [1.54, 1.807) is 0 Å². The van der Waals surface area contributed by atoms with Crippen molar-refractivity contribution in [2.24, 2.45) is 0 Å². The highest BCUT2D eigenvalue weighted by Gasteiger charge is 2.21. The van der Waals surface area contributed by atoms with Crippen molar-refractivity contribution in [2.45, 2.75) is 45.6 Å². The number of amides is 1. The average Bonchev–Trinajstić information content (AvgIpc) is 2.47. The Morgan fingerprint density at radius 1 is 1.32 bits per heavy atom. The van der Waals surface area contributed by atoms with Crippen LogP contribution in [0.4, 0.5) is 5.69 Å². The molecule has 0 bridgehead atoms. The maximum atomic E-state index is 12.3. The summed E-state index contributed by atoms with van der Waals surface area (Å²) in [6.07, 6.45) is 4.56. The van der Waals surface area contributed by atoms with Crippen LogP contribution in [0.3, 0.4) is 0 Å². The molecule has 0 aromatic heterocycles. The minimum atomic E-state index is -0.148. The highest BCUT2D eigenvalue weighted by Crippen LogP contribution is 2.15. The van der Waals surface area contributed by atoms with Gasteiger partial charge in [-0.2, -0.15) is 0 Å². The van der Waals surface area contributed by atoms with Gasteiger partial charge in [-0.05, 0) is 50.3 Å². The van der Waals surface area contributed by atoms with E-state index < -0.39 is 0 Å². The van der Waals surface area contributed by atoms with Gasteiger partial charge in [0.05, 0.1) is 0 Å². The monoisotopic (exact) mass is 260 g/mol. The number of nitrogens with zero attached hydrogens (tertiary/aromatic N) is 1. The Kier molecular flexibility index (Phi) is 4.83. The quantitative estimate of drug-likeness (QED) is 0.902. The SMILES string of the molecule is CCc1cccc(NC(C)C(=O)N2CCCCC2)c1. The maximum Gasteiger partial charge on any atom is 0.244 e. The molecule has 19 heavy (non-hydrogen) atoms. The summed E-state index contributed by atoms with van der Waals surface area (Å²) < 4.78 is 0. The molecule has 3 nitrogen and oxygen atoms in total. The fourth-order valence-corrected chi connectivity index (χ4v) is 2.58. The Hall–Kier alpha value is -1.51. The number of hydrogen-bond acceptors (Lipinski definition) is 2. The van der Waals surface area contributed by atoms with E-state index in [1.165, 1.54) is 12.0 Å². The lowest BCUT2D eigenvalue weighted by atomic mass is 10.1. The van der Waals surface area contributed by atoms with Gasteiger partial charge in [-0.1, -0.05) is 19.1 Å². The van der Waals surface area contributed by atoms with Crippen molar-refractivity contribution in [1.29, 1.82) is 0 Å². The third-order valence-electron chi connectivity index (χ3n) is 3.76. The number of likely N-dealkylation sites (tertiary alicyclic amines) is 1. The van der Waals surface area contributed by atoms with E-state index >= 15 is 0 Å². The third kappa shape index (κ3) is 3.72. The highest BCUT2D eigenvalue weighted by atomic mass is 16.2. The predicted molar refractivity (Wildman–Crippen MR) is 79.3 cm³/mol. The number of benzene rings is 1. The molecule has 0 spiro atoms. The van der Waals surface area contributed by atoms with Crippen molar-refractivity contribution in [2.75, 3.05) is 18.4 Å². The van der Waals surface area contributed by atoms with Gasteiger partial charge in [0.15, 0.2) is 0 Å². The van der Waals surface area contributed by atoms with E-state index in [0.717, 1.165) is 38.0 Å². The van der Waals surface area contributed by atoms with Gasteiger partial charge in [-0.15, -0.1) is 0 Å². The van der Waals surface area contributed by atoms with Crippen LogP contribution in [0, 0.1) is 0 Å². The number of anilines is 1. The molecule has 2 rings (SSSR count). The Balaban J connectivity index is 1.95. The first-order valence-electron chi connectivity index (χ1n) is 7.35. The first-order chi connectivity index (χ1) is 9.20. The van der Waals surface area contributed by atoms with Crippen molar-refractivity contribution in [3.63, 3.8) is 0 Å². The van der Waals surface area contributed by atoms with Crippen molar-refractivity contribution in [1.82, 2.24) is 4.90 Å². The number of hydrogen-bond donors (Lipinski definition) is 1. The van der Waals surface area contributed by atoms with E-state index in [9.17, 15) is 4.79 Å². The van der Waals surface area contributed by atoms with Crippen LogP contribution in [0.2, 0.25) is 0 Å². The lowest BCUT2D eigenvalue weighted by Crippen LogP contribution is -2.43. The second kappa shape index (κ2) is 6.60. The summed E-state index contributed by atoms with van der Waals surface area (Å²) in [5, 5.41) is 3.32. The van der Waals surface area contributed by atoms with E-state index in [0.29, 0.717) is 0 Å². The number of aryl methyl sites for hydroxylation is 1. The molecule has 1 aliphatic heterocycles. The Morgan fingerprint density at radius 2 is 2.05 bits per heavy atom. The van der Waals surface area contributed by atoms with Crippen LogP contribution in [0.1, 0.15) is 38.7 Å². The number of piperidine rings is 1. The van der Waals surface area contributed by atoms with Crippen LogP contribution in [0.25, 0.3) is 0 Å². The maximum absolute atomic E-state index is 12.3. The van der Waals surface area contributed by atoms with Gasteiger partial charge in [0, 0.05) is 18.8 Å². The topological polar surface area (TPSA) is 32.3 Å². The smallest absolute Gasteiger partial charge is 0.244 e. The summed E-state index contributed by atoms with van der Waals surface area (Å²) >= 11 is 0. The van der Waals surface area contributed by atoms with Crippen LogP contribution in [0.15, 0.2) is 24.3 Å². The predicted octanol–water partition coefficient (Wildman–Crippen LogP) is 3.06. The zero-order valence-corrected chi connectivity index (χ0v) is 12.0. The Labute approximate surface area is 116 Å². The van der Waals surface area contributed by atoms with Gasteiger partial charge in [0.25, 0.3) is 0 Å². The first-order valence-corrected chi connectivity index (χ1v) is 7.35. The van der Waals surface area contributed by atoms with Gasteiger partial charge in [0.1, 0.15) is 6.04 Å². The molecule has 1 aliphatic rings. The summed E-state index contributed by atoms with van der Waals surface area (Å²) in [6, 6.07) is 8.16. The molecule has 104 valence electrons. The van der Waals surface area contributed by atoms with Gasteiger partial charge in [-0.3, -0.25) is 4.79 Å². The fourth-order valence-electron chi connectivity index (χ4n) is 2.58. The summed E-state index contributed by atoms with van der Waals surface area (Å²) in [5.74, 6) is 0.224. The molecular formula is C16H24N2O. The van der Waals surface area contributed by atoms with Crippen LogP contribution >= 0.6 is 0 Å². The Bertz CT molecular complexity index is 425. The first kappa shape index (κ1) is 13.9. The zero-order valence-electron chi connectivity index (χ0n) is 12.0. The van der Waals surface area contributed by atoms with E-state index in [2.05, 4.69) is 24.4 Å². The number of nitrogens with one attached hydrogen (secondary N) is 1. The molecule has 1 aromatic carbocycles. The van der Waals surface area contributed by atoms with Crippen LogP contribution in [-0.2, 0) is 11.2 Å². The third-order valence-corrected chi connectivity index (χ3v) is 3.76. The lowest BCUT2D eigenvalue weighted by molar-refractivity contribution is -0.132. The summed E-state index contributed by atoms with van der Waals surface area (Å²) in [5.41, 5.74) is 2.33. The van der Waals surface area contributed by atoms with Gasteiger partial charge >= 0.3 is 0 Å². The fraction of sp³-hybridized carbons (Fsp3) is 0.562.